The molecule has 14 heteroatoms. The zero-order valence-electron chi connectivity index (χ0n) is 19.8. The van der Waals surface area contributed by atoms with Gasteiger partial charge in [0.25, 0.3) is 0 Å². The number of fused-ring (bicyclic) bond motifs is 2. The molecule has 0 amide bonds. The first kappa shape index (κ1) is 23.7. The minimum atomic E-state index is -4.56. The molecule has 0 radical (unpaired) electrons. The van der Waals surface area contributed by atoms with Crippen LogP contribution in [0, 0.1) is 6.92 Å². The van der Waals surface area contributed by atoms with E-state index in [1.165, 1.54) is 23.3 Å². The first-order valence-electron chi connectivity index (χ1n) is 11.1. The summed E-state index contributed by atoms with van der Waals surface area (Å²) in [5.74, 6) is 0.913. The van der Waals surface area contributed by atoms with Crippen LogP contribution in [0.1, 0.15) is 11.3 Å². The van der Waals surface area contributed by atoms with Gasteiger partial charge >= 0.3 is 6.18 Å². The Balaban J connectivity index is 1.38. The highest BCUT2D eigenvalue weighted by Gasteiger charge is 2.31. The fourth-order valence-electron chi connectivity index (χ4n) is 3.99. The van der Waals surface area contributed by atoms with Gasteiger partial charge in [0, 0.05) is 37.0 Å². The number of hydrogen-bond acceptors (Lipinski definition) is 7. The van der Waals surface area contributed by atoms with E-state index in [1.54, 1.807) is 53.9 Å². The van der Waals surface area contributed by atoms with Gasteiger partial charge in [-0.05, 0) is 25.1 Å². The first-order valence-corrected chi connectivity index (χ1v) is 11.5. The van der Waals surface area contributed by atoms with Crippen LogP contribution in [-0.4, -0.2) is 38.7 Å². The Morgan fingerprint density at radius 1 is 1.05 bits per heavy atom. The number of benzene rings is 1. The molecule has 0 aliphatic rings. The van der Waals surface area contributed by atoms with Crippen LogP contribution in [0.2, 0.25) is 5.02 Å². The number of nitrogens with zero attached hydrogens (tertiary/aromatic N) is 8. The van der Waals surface area contributed by atoms with Gasteiger partial charge in [-0.1, -0.05) is 11.6 Å². The highest BCUT2D eigenvalue weighted by molar-refractivity contribution is 6.36. The summed E-state index contributed by atoms with van der Waals surface area (Å²) < 4.78 is 51.7. The number of anilines is 2. The molecule has 1 aromatic carbocycles. The molecule has 10 nitrogen and oxygen atoms in total. The molecule has 0 atom stereocenters. The van der Waals surface area contributed by atoms with Crippen LogP contribution in [-0.2, 0) is 13.2 Å². The third-order valence-electron chi connectivity index (χ3n) is 5.83. The van der Waals surface area contributed by atoms with Crippen molar-refractivity contribution in [2.75, 3.05) is 5.32 Å². The molecule has 0 spiro atoms. The molecule has 1 N–H and O–H groups in total. The lowest BCUT2D eigenvalue weighted by molar-refractivity contribution is -0.137. The molecular weight excluding hydrogens is 523 g/mol. The minimum absolute atomic E-state index is 0.172. The van der Waals surface area contributed by atoms with E-state index in [0.717, 1.165) is 12.1 Å². The third-order valence-corrected chi connectivity index (χ3v) is 6.19. The number of alkyl halides is 3. The highest BCUT2D eigenvalue weighted by atomic mass is 35.5. The predicted octanol–water partition coefficient (Wildman–Crippen LogP) is 5.71. The quantitative estimate of drug-likeness (QED) is 0.299. The minimum Gasteiger partial charge on any atom is -0.450 e. The molecule has 6 aromatic rings. The average Bonchev–Trinajstić information content (AvgIpc) is 3.58. The van der Waals surface area contributed by atoms with Crippen LogP contribution >= 0.6 is 11.6 Å². The Labute approximate surface area is 217 Å². The monoisotopic (exact) mass is 539 g/mol. The molecule has 38 heavy (non-hydrogen) atoms. The van der Waals surface area contributed by atoms with Crippen LogP contribution in [0.15, 0.2) is 61.7 Å². The summed E-state index contributed by atoms with van der Waals surface area (Å²) in [6.45, 7) is 1.75. The van der Waals surface area contributed by atoms with Crippen molar-refractivity contribution in [3.05, 3.63) is 78.0 Å². The Hall–Kier alpha value is -4.65. The zero-order valence-corrected chi connectivity index (χ0v) is 20.5. The van der Waals surface area contributed by atoms with Gasteiger partial charge in [0.05, 0.1) is 36.2 Å². The third kappa shape index (κ3) is 4.16. The van der Waals surface area contributed by atoms with E-state index in [9.17, 15) is 13.2 Å². The molecule has 5 heterocycles. The summed E-state index contributed by atoms with van der Waals surface area (Å²) in [5, 5.41) is 7.39. The molecular formula is C24H17ClF3N9O. The molecule has 0 aliphatic carbocycles. The van der Waals surface area contributed by atoms with Crippen molar-refractivity contribution in [1.29, 1.82) is 0 Å². The second-order valence-corrected chi connectivity index (χ2v) is 8.81. The van der Waals surface area contributed by atoms with E-state index >= 15 is 0 Å². The maximum atomic E-state index is 13.7. The fraction of sp³-hybridized carbons (Fsp3) is 0.125. The summed E-state index contributed by atoms with van der Waals surface area (Å²) in [4.78, 5) is 16.9. The Kier molecular flexibility index (Phi) is 5.45. The van der Waals surface area contributed by atoms with Crippen molar-refractivity contribution in [2.45, 2.75) is 13.1 Å². The molecule has 192 valence electrons. The molecule has 5 aromatic heterocycles. The SMILES string of the molecule is Cc1cn(-c2cc(Nc3nc4ncc(Oc5cnn6ccncc56)c(Cl)c4n3C)cc(C(F)(F)F)c2)cn1. The first-order chi connectivity index (χ1) is 18.2. The van der Waals surface area contributed by atoms with Crippen molar-refractivity contribution in [3.8, 4) is 17.2 Å². The van der Waals surface area contributed by atoms with Gasteiger partial charge in [-0.2, -0.15) is 23.3 Å². The van der Waals surface area contributed by atoms with Gasteiger partial charge in [0.15, 0.2) is 17.1 Å². The van der Waals surface area contributed by atoms with Gasteiger partial charge < -0.3 is 19.2 Å². The van der Waals surface area contributed by atoms with Gasteiger partial charge in [0.2, 0.25) is 5.95 Å². The van der Waals surface area contributed by atoms with Crippen LogP contribution in [0.3, 0.4) is 0 Å². The molecule has 0 saturated heterocycles. The van der Waals surface area contributed by atoms with Gasteiger partial charge in [0.1, 0.15) is 16.1 Å². The number of halogens is 4. The summed E-state index contributed by atoms with van der Waals surface area (Å²) in [5.41, 5.74) is 1.65. The van der Waals surface area contributed by atoms with Crippen LogP contribution in [0.4, 0.5) is 24.8 Å². The van der Waals surface area contributed by atoms with Crippen LogP contribution in [0.5, 0.6) is 11.5 Å². The Morgan fingerprint density at radius 3 is 2.66 bits per heavy atom. The lowest BCUT2D eigenvalue weighted by atomic mass is 10.1. The van der Waals surface area contributed by atoms with Crippen molar-refractivity contribution in [3.63, 3.8) is 0 Å². The van der Waals surface area contributed by atoms with E-state index in [4.69, 9.17) is 16.3 Å². The van der Waals surface area contributed by atoms with Gasteiger partial charge in [-0.15, -0.1) is 0 Å². The molecule has 0 saturated carbocycles. The smallest absolute Gasteiger partial charge is 0.416 e. The fourth-order valence-corrected chi connectivity index (χ4v) is 4.29. The zero-order chi connectivity index (χ0) is 26.6. The molecule has 0 fully saturated rings. The number of aryl methyl sites for hydroxylation is 2. The van der Waals surface area contributed by atoms with Gasteiger partial charge in [-0.25, -0.2) is 14.5 Å². The number of aromatic nitrogens is 8. The number of nitrogens with one attached hydrogen (secondary N) is 1. The molecule has 0 bridgehead atoms. The summed E-state index contributed by atoms with van der Waals surface area (Å²) >= 11 is 6.67. The predicted molar refractivity (Wildman–Crippen MR) is 133 cm³/mol. The molecule has 0 aliphatic heterocycles. The van der Waals surface area contributed by atoms with Crippen molar-refractivity contribution in [1.82, 2.24) is 38.7 Å². The van der Waals surface area contributed by atoms with E-state index in [-0.39, 0.29) is 33.7 Å². The number of hydrogen-bond donors (Lipinski definition) is 1. The largest absolute Gasteiger partial charge is 0.450 e. The maximum Gasteiger partial charge on any atom is 0.416 e. The average molecular weight is 540 g/mol. The van der Waals surface area contributed by atoms with E-state index in [1.807, 2.05) is 0 Å². The van der Waals surface area contributed by atoms with Crippen LogP contribution < -0.4 is 10.1 Å². The summed E-state index contributed by atoms with van der Waals surface area (Å²) in [6.07, 6.45) is 6.36. The Morgan fingerprint density at radius 2 is 1.89 bits per heavy atom. The van der Waals surface area contributed by atoms with E-state index in [0.29, 0.717) is 22.5 Å². The number of ether oxygens (including phenoxy) is 1. The van der Waals surface area contributed by atoms with Crippen molar-refractivity contribution >= 4 is 39.9 Å². The van der Waals surface area contributed by atoms with Crippen molar-refractivity contribution < 1.29 is 17.9 Å². The normalized spacial score (nSPS) is 11.9. The number of imidazole rings is 2. The second-order valence-electron chi connectivity index (χ2n) is 8.43. The second kappa shape index (κ2) is 8.73. The molecule has 0 unspecified atom stereocenters. The highest BCUT2D eigenvalue weighted by Crippen LogP contribution is 2.38. The van der Waals surface area contributed by atoms with Crippen molar-refractivity contribution in [2.24, 2.45) is 7.05 Å². The Bertz CT molecular complexity index is 1820. The van der Waals surface area contributed by atoms with Gasteiger partial charge in [-0.3, -0.25) is 4.98 Å². The molecule has 6 rings (SSSR count). The van der Waals surface area contributed by atoms with E-state index in [2.05, 4.69) is 30.4 Å². The lowest BCUT2D eigenvalue weighted by Crippen LogP contribution is -2.08. The van der Waals surface area contributed by atoms with E-state index < -0.39 is 11.7 Å². The number of rotatable bonds is 5. The summed E-state index contributed by atoms with van der Waals surface area (Å²) in [7, 11) is 1.67. The number of pyridine rings is 1. The topological polar surface area (TPSA) is 100.0 Å². The lowest BCUT2D eigenvalue weighted by Gasteiger charge is -2.14. The maximum absolute atomic E-state index is 13.7. The summed E-state index contributed by atoms with van der Waals surface area (Å²) in [6, 6.07) is 3.63. The standard InChI is InChI=1S/C24H17ClF3N9O/c1-13-11-36(12-31-13)16-6-14(24(26,27)28)5-15(7-16)33-23-34-22-21(35(23)2)20(25)19(9-30-22)38-18-10-32-37-4-3-29-8-17(18)37/h3-12H,1-2H3,(H,30,33,34). The van der Waals surface area contributed by atoms with Crippen LogP contribution in [0.25, 0.3) is 22.4 Å².